The first kappa shape index (κ1) is 19.8. The first-order valence-corrected chi connectivity index (χ1v) is 9.29. The molecule has 2 aromatic rings. The Labute approximate surface area is 154 Å². The SMILES string of the molecule is COc1cc(C)cc2oc(=O)c(CC(=O)N[C@@H](CSC)C(=O)O)c(C)c12. The van der Waals surface area contributed by atoms with E-state index in [4.69, 9.17) is 14.3 Å². The summed E-state index contributed by atoms with van der Waals surface area (Å²) in [4.78, 5) is 35.8. The highest BCUT2D eigenvalue weighted by molar-refractivity contribution is 7.98. The molecule has 1 atom stereocenters. The quantitative estimate of drug-likeness (QED) is 0.708. The van der Waals surface area contributed by atoms with Crippen LogP contribution in [-0.4, -0.2) is 42.1 Å². The topological polar surface area (TPSA) is 106 Å². The standard InChI is InChI=1S/C18H21NO6S/c1-9-5-13(24-3)16-10(2)11(18(23)25-14(16)6-9)7-15(20)19-12(8-26-4)17(21)22/h5-6,12H,7-8H2,1-4H3,(H,19,20)(H,21,22)/t12-/m0/s1. The van der Waals surface area contributed by atoms with Crippen molar-refractivity contribution in [3.05, 3.63) is 39.2 Å². The van der Waals surface area contributed by atoms with Crippen molar-refractivity contribution >= 4 is 34.6 Å². The molecule has 140 valence electrons. The summed E-state index contributed by atoms with van der Waals surface area (Å²) >= 11 is 1.31. The number of carboxylic acids is 1. The van der Waals surface area contributed by atoms with Gasteiger partial charge in [-0.15, -0.1) is 0 Å². The minimum Gasteiger partial charge on any atom is -0.496 e. The van der Waals surface area contributed by atoms with Gasteiger partial charge in [-0.2, -0.15) is 11.8 Å². The zero-order valence-corrected chi connectivity index (χ0v) is 15.9. The first-order valence-electron chi connectivity index (χ1n) is 7.90. The van der Waals surface area contributed by atoms with Crippen LogP contribution in [0.15, 0.2) is 21.3 Å². The van der Waals surface area contributed by atoms with Crippen LogP contribution in [0.4, 0.5) is 0 Å². The van der Waals surface area contributed by atoms with Crippen molar-refractivity contribution in [2.24, 2.45) is 0 Å². The molecule has 1 heterocycles. The summed E-state index contributed by atoms with van der Waals surface area (Å²) in [5.41, 5.74) is 1.42. The van der Waals surface area contributed by atoms with Gasteiger partial charge in [-0.1, -0.05) is 0 Å². The monoisotopic (exact) mass is 379 g/mol. The number of aryl methyl sites for hydroxylation is 2. The molecular weight excluding hydrogens is 358 g/mol. The van der Waals surface area contributed by atoms with Crippen LogP contribution in [0.3, 0.4) is 0 Å². The number of ether oxygens (including phenoxy) is 1. The number of carboxylic acid groups (broad SMARTS) is 1. The summed E-state index contributed by atoms with van der Waals surface area (Å²) in [7, 11) is 1.52. The third-order valence-corrected chi connectivity index (χ3v) is 4.68. The Bertz CT molecular complexity index is 905. The molecule has 0 unspecified atom stereocenters. The van der Waals surface area contributed by atoms with Gasteiger partial charge in [0.25, 0.3) is 0 Å². The lowest BCUT2D eigenvalue weighted by molar-refractivity contribution is -0.141. The number of thioether (sulfide) groups is 1. The largest absolute Gasteiger partial charge is 0.496 e. The summed E-state index contributed by atoms with van der Waals surface area (Å²) in [6.45, 7) is 3.58. The van der Waals surface area contributed by atoms with Gasteiger partial charge in [-0.05, 0) is 43.4 Å². The van der Waals surface area contributed by atoms with Gasteiger partial charge in [0.2, 0.25) is 5.91 Å². The van der Waals surface area contributed by atoms with Gasteiger partial charge in [0.05, 0.1) is 24.5 Å². The van der Waals surface area contributed by atoms with E-state index in [1.54, 1.807) is 19.2 Å². The van der Waals surface area contributed by atoms with Crippen LogP contribution in [-0.2, 0) is 16.0 Å². The van der Waals surface area contributed by atoms with Gasteiger partial charge < -0.3 is 19.6 Å². The number of carbonyl (C=O) groups excluding carboxylic acids is 1. The number of hydrogen-bond donors (Lipinski definition) is 2. The Morgan fingerprint density at radius 1 is 1.35 bits per heavy atom. The van der Waals surface area contributed by atoms with Crippen molar-refractivity contribution in [1.29, 1.82) is 0 Å². The highest BCUT2D eigenvalue weighted by Gasteiger charge is 2.22. The van der Waals surface area contributed by atoms with Gasteiger partial charge in [0, 0.05) is 5.75 Å². The average molecular weight is 379 g/mol. The van der Waals surface area contributed by atoms with Crippen LogP contribution in [0.2, 0.25) is 0 Å². The van der Waals surface area contributed by atoms with E-state index in [2.05, 4.69) is 5.32 Å². The zero-order chi connectivity index (χ0) is 19.4. The number of rotatable bonds is 7. The number of methoxy groups -OCH3 is 1. The zero-order valence-electron chi connectivity index (χ0n) is 15.0. The van der Waals surface area contributed by atoms with Crippen LogP contribution < -0.4 is 15.7 Å². The molecule has 26 heavy (non-hydrogen) atoms. The van der Waals surface area contributed by atoms with Gasteiger partial charge >= 0.3 is 11.6 Å². The number of carbonyl (C=O) groups is 2. The third-order valence-electron chi connectivity index (χ3n) is 4.01. The van der Waals surface area contributed by atoms with Crippen molar-refractivity contribution in [2.45, 2.75) is 26.3 Å². The number of aliphatic carboxylic acids is 1. The van der Waals surface area contributed by atoms with Gasteiger partial charge in [-0.3, -0.25) is 4.79 Å². The fourth-order valence-electron chi connectivity index (χ4n) is 2.75. The molecule has 1 amide bonds. The highest BCUT2D eigenvalue weighted by Crippen LogP contribution is 2.30. The lowest BCUT2D eigenvalue weighted by Gasteiger charge is -2.15. The van der Waals surface area contributed by atoms with Crippen molar-refractivity contribution < 1.29 is 23.8 Å². The predicted molar refractivity (Wildman–Crippen MR) is 100 cm³/mol. The van der Waals surface area contributed by atoms with E-state index < -0.39 is 23.5 Å². The Morgan fingerprint density at radius 2 is 2.04 bits per heavy atom. The number of amides is 1. The molecule has 7 nitrogen and oxygen atoms in total. The fourth-order valence-corrected chi connectivity index (χ4v) is 3.31. The van der Waals surface area contributed by atoms with Crippen LogP contribution in [0.5, 0.6) is 5.75 Å². The molecule has 1 aromatic heterocycles. The van der Waals surface area contributed by atoms with E-state index in [1.165, 1.54) is 18.9 Å². The first-order chi connectivity index (χ1) is 12.3. The Balaban J connectivity index is 2.41. The van der Waals surface area contributed by atoms with E-state index in [1.807, 2.05) is 13.0 Å². The molecule has 0 aliphatic heterocycles. The molecular formula is C18H21NO6S. The lowest BCUT2D eigenvalue weighted by Crippen LogP contribution is -2.43. The van der Waals surface area contributed by atoms with E-state index in [0.717, 1.165) is 5.56 Å². The van der Waals surface area contributed by atoms with E-state index >= 15 is 0 Å². The van der Waals surface area contributed by atoms with Crippen molar-refractivity contribution in [3.63, 3.8) is 0 Å². The van der Waals surface area contributed by atoms with Crippen LogP contribution >= 0.6 is 11.8 Å². The second kappa shape index (κ2) is 8.27. The van der Waals surface area contributed by atoms with Crippen LogP contribution in [0, 0.1) is 13.8 Å². The fraction of sp³-hybridized carbons (Fsp3) is 0.389. The minimum absolute atomic E-state index is 0.186. The summed E-state index contributed by atoms with van der Waals surface area (Å²) in [5, 5.41) is 12.2. The van der Waals surface area contributed by atoms with Crippen molar-refractivity contribution in [1.82, 2.24) is 5.32 Å². The summed E-state index contributed by atoms with van der Waals surface area (Å²) in [5.74, 6) is -0.882. The second-order valence-electron chi connectivity index (χ2n) is 5.92. The number of benzene rings is 1. The Kier molecular flexibility index (Phi) is 6.31. The predicted octanol–water partition coefficient (Wildman–Crippen LogP) is 1.89. The maximum Gasteiger partial charge on any atom is 0.340 e. The average Bonchev–Trinajstić information content (AvgIpc) is 2.56. The molecule has 0 saturated carbocycles. The number of fused-ring (bicyclic) bond motifs is 1. The molecule has 0 saturated heterocycles. The molecule has 2 N–H and O–H groups in total. The van der Waals surface area contributed by atoms with Gasteiger partial charge in [0.1, 0.15) is 17.4 Å². The molecule has 0 radical (unpaired) electrons. The maximum atomic E-state index is 12.3. The van der Waals surface area contributed by atoms with E-state index in [-0.39, 0.29) is 17.7 Å². The Morgan fingerprint density at radius 3 is 2.62 bits per heavy atom. The molecule has 2 rings (SSSR count). The normalized spacial score (nSPS) is 12.0. The molecule has 0 spiro atoms. The van der Waals surface area contributed by atoms with Crippen molar-refractivity contribution in [2.75, 3.05) is 19.1 Å². The summed E-state index contributed by atoms with van der Waals surface area (Å²) in [6, 6.07) is 2.54. The van der Waals surface area contributed by atoms with Crippen LogP contribution in [0.1, 0.15) is 16.7 Å². The molecule has 0 aliphatic carbocycles. The van der Waals surface area contributed by atoms with E-state index in [0.29, 0.717) is 22.3 Å². The smallest absolute Gasteiger partial charge is 0.340 e. The van der Waals surface area contributed by atoms with E-state index in [9.17, 15) is 14.4 Å². The van der Waals surface area contributed by atoms with Gasteiger partial charge in [0.15, 0.2) is 0 Å². The van der Waals surface area contributed by atoms with Crippen molar-refractivity contribution in [3.8, 4) is 5.75 Å². The lowest BCUT2D eigenvalue weighted by atomic mass is 10.0. The highest BCUT2D eigenvalue weighted by atomic mass is 32.2. The number of nitrogens with one attached hydrogen (secondary N) is 1. The molecule has 8 heteroatoms. The summed E-state index contributed by atoms with van der Waals surface area (Å²) < 4.78 is 10.7. The minimum atomic E-state index is -1.12. The number of hydrogen-bond acceptors (Lipinski definition) is 6. The summed E-state index contributed by atoms with van der Waals surface area (Å²) in [6.07, 6.45) is 1.48. The molecule has 0 fully saturated rings. The van der Waals surface area contributed by atoms with Gasteiger partial charge in [-0.25, -0.2) is 9.59 Å². The second-order valence-corrected chi connectivity index (χ2v) is 6.83. The molecule has 0 aliphatic rings. The molecule has 1 aromatic carbocycles. The Hall–Kier alpha value is -2.48. The van der Waals surface area contributed by atoms with Crippen LogP contribution in [0.25, 0.3) is 11.0 Å². The molecule has 0 bridgehead atoms. The maximum absolute atomic E-state index is 12.3. The third kappa shape index (κ3) is 4.19.